The van der Waals surface area contributed by atoms with E-state index in [1.807, 2.05) is 0 Å². The molecule has 0 spiro atoms. The van der Waals surface area contributed by atoms with E-state index >= 15 is 0 Å². The summed E-state index contributed by atoms with van der Waals surface area (Å²) in [6.07, 6.45) is 1.17. The smallest absolute Gasteiger partial charge is 0.243 e. The number of carbonyl (C=O) groups is 1. The highest BCUT2D eigenvalue weighted by molar-refractivity contribution is 7.89. The van der Waals surface area contributed by atoms with Gasteiger partial charge in [0.2, 0.25) is 15.9 Å². The van der Waals surface area contributed by atoms with E-state index in [1.165, 1.54) is 28.6 Å². The van der Waals surface area contributed by atoms with Crippen molar-refractivity contribution in [2.45, 2.75) is 23.8 Å². The summed E-state index contributed by atoms with van der Waals surface area (Å²) in [6.45, 7) is 0.662. The zero-order valence-corrected chi connectivity index (χ0v) is 13.6. The van der Waals surface area contributed by atoms with Crippen molar-refractivity contribution in [3.63, 3.8) is 0 Å². The molecule has 1 atom stereocenters. The fraction of sp³-hybridized carbons (Fsp3) is 0.462. The van der Waals surface area contributed by atoms with Gasteiger partial charge in [0.1, 0.15) is 6.04 Å². The van der Waals surface area contributed by atoms with Crippen molar-refractivity contribution in [1.82, 2.24) is 9.62 Å². The first-order valence-electron chi connectivity index (χ1n) is 6.58. The first kappa shape index (κ1) is 16.5. The van der Waals surface area contributed by atoms with Gasteiger partial charge in [-0.3, -0.25) is 4.79 Å². The molecule has 1 heterocycles. The van der Waals surface area contributed by atoms with Gasteiger partial charge in [-0.15, -0.1) is 11.6 Å². The van der Waals surface area contributed by atoms with Gasteiger partial charge in [-0.05, 0) is 37.1 Å². The maximum atomic E-state index is 12.6. The van der Waals surface area contributed by atoms with E-state index in [2.05, 4.69) is 5.32 Å². The summed E-state index contributed by atoms with van der Waals surface area (Å²) in [5.74, 6) is -0.00625. The Morgan fingerprint density at radius 1 is 1.33 bits per heavy atom. The van der Waals surface area contributed by atoms with Crippen LogP contribution in [0.2, 0.25) is 5.02 Å². The van der Waals surface area contributed by atoms with E-state index in [0.29, 0.717) is 36.8 Å². The lowest BCUT2D eigenvalue weighted by Gasteiger charge is -2.23. The Bertz CT molecular complexity index is 604. The zero-order chi connectivity index (χ0) is 15.5. The predicted molar refractivity (Wildman–Crippen MR) is 82.1 cm³/mol. The first-order chi connectivity index (χ1) is 9.96. The first-order valence-corrected chi connectivity index (χ1v) is 8.93. The largest absolute Gasteiger partial charge is 0.354 e. The van der Waals surface area contributed by atoms with Gasteiger partial charge in [0.05, 0.1) is 4.90 Å². The molecule has 1 fully saturated rings. The van der Waals surface area contributed by atoms with Gasteiger partial charge in [0.15, 0.2) is 0 Å². The van der Waals surface area contributed by atoms with Gasteiger partial charge in [0.25, 0.3) is 0 Å². The van der Waals surface area contributed by atoms with Crippen LogP contribution in [0.5, 0.6) is 0 Å². The van der Waals surface area contributed by atoms with Crippen LogP contribution in [0.4, 0.5) is 0 Å². The molecule has 5 nitrogen and oxygen atoms in total. The van der Waals surface area contributed by atoms with Crippen molar-refractivity contribution < 1.29 is 13.2 Å². The maximum absolute atomic E-state index is 12.6. The molecule has 0 aliphatic carbocycles. The molecule has 1 aromatic carbocycles. The summed E-state index contributed by atoms with van der Waals surface area (Å²) in [4.78, 5) is 12.2. The van der Waals surface area contributed by atoms with Crippen LogP contribution in [-0.2, 0) is 14.8 Å². The highest BCUT2D eigenvalue weighted by atomic mass is 35.5. The molecule has 116 valence electrons. The monoisotopic (exact) mass is 350 g/mol. The van der Waals surface area contributed by atoms with E-state index < -0.39 is 16.1 Å². The molecule has 1 aliphatic heterocycles. The van der Waals surface area contributed by atoms with Crippen LogP contribution in [0.1, 0.15) is 12.8 Å². The topological polar surface area (TPSA) is 66.5 Å². The third-order valence-corrected chi connectivity index (χ3v) is 5.68. The average molecular weight is 351 g/mol. The van der Waals surface area contributed by atoms with E-state index in [4.69, 9.17) is 23.2 Å². The highest BCUT2D eigenvalue weighted by Crippen LogP contribution is 2.26. The number of rotatable bonds is 5. The van der Waals surface area contributed by atoms with Crippen LogP contribution in [0.25, 0.3) is 0 Å². The Kier molecular flexibility index (Phi) is 5.48. The molecule has 0 saturated carbocycles. The third kappa shape index (κ3) is 3.69. The predicted octanol–water partition coefficient (Wildman–Crippen LogP) is 1.85. The Morgan fingerprint density at radius 3 is 2.62 bits per heavy atom. The highest BCUT2D eigenvalue weighted by Gasteiger charge is 2.39. The summed E-state index contributed by atoms with van der Waals surface area (Å²) >= 11 is 11.3. The quantitative estimate of drug-likeness (QED) is 0.824. The molecule has 0 bridgehead atoms. The number of nitrogens with one attached hydrogen (secondary N) is 1. The number of nitrogens with zero attached hydrogens (tertiary/aromatic N) is 1. The molecule has 21 heavy (non-hydrogen) atoms. The van der Waals surface area contributed by atoms with Crippen molar-refractivity contribution >= 4 is 39.1 Å². The van der Waals surface area contributed by atoms with E-state index in [9.17, 15) is 13.2 Å². The van der Waals surface area contributed by atoms with E-state index in [-0.39, 0.29) is 10.8 Å². The molecular formula is C13H16Cl2N2O3S. The van der Waals surface area contributed by atoms with Crippen molar-refractivity contribution in [1.29, 1.82) is 0 Å². The Morgan fingerprint density at radius 2 is 2.00 bits per heavy atom. The molecule has 8 heteroatoms. The molecule has 1 saturated heterocycles. The van der Waals surface area contributed by atoms with Crippen LogP contribution in [0.15, 0.2) is 29.2 Å². The fourth-order valence-corrected chi connectivity index (χ4v) is 4.20. The van der Waals surface area contributed by atoms with Crippen LogP contribution >= 0.6 is 23.2 Å². The number of carbonyl (C=O) groups excluding carboxylic acids is 1. The summed E-state index contributed by atoms with van der Waals surface area (Å²) < 4.78 is 26.5. The molecule has 1 aliphatic rings. The molecule has 1 N–H and O–H groups in total. The summed E-state index contributed by atoms with van der Waals surface area (Å²) in [6, 6.07) is 5.27. The zero-order valence-electron chi connectivity index (χ0n) is 11.3. The summed E-state index contributed by atoms with van der Waals surface area (Å²) in [7, 11) is -3.69. The normalized spacial score (nSPS) is 19.6. The molecular weight excluding hydrogens is 335 g/mol. The van der Waals surface area contributed by atoms with Gasteiger partial charge in [-0.2, -0.15) is 4.31 Å². The lowest BCUT2D eigenvalue weighted by molar-refractivity contribution is -0.124. The van der Waals surface area contributed by atoms with Crippen molar-refractivity contribution in [3.05, 3.63) is 29.3 Å². The van der Waals surface area contributed by atoms with Crippen LogP contribution in [0, 0.1) is 0 Å². The minimum atomic E-state index is -3.69. The second-order valence-electron chi connectivity index (χ2n) is 4.71. The van der Waals surface area contributed by atoms with Gasteiger partial charge < -0.3 is 5.32 Å². The molecule has 0 aromatic heterocycles. The molecule has 1 aromatic rings. The second kappa shape index (κ2) is 6.96. The van der Waals surface area contributed by atoms with Gasteiger partial charge in [-0.25, -0.2) is 8.42 Å². The number of benzene rings is 1. The lowest BCUT2D eigenvalue weighted by Crippen LogP contribution is -2.46. The number of hydrogen-bond acceptors (Lipinski definition) is 3. The minimum Gasteiger partial charge on any atom is -0.354 e. The number of halogens is 2. The number of sulfonamides is 1. The third-order valence-electron chi connectivity index (χ3n) is 3.32. The van der Waals surface area contributed by atoms with Crippen molar-refractivity contribution in [2.24, 2.45) is 0 Å². The van der Waals surface area contributed by atoms with Crippen LogP contribution in [-0.4, -0.2) is 43.6 Å². The molecule has 0 unspecified atom stereocenters. The Hall–Kier alpha value is -0.820. The minimum absolute atomic E-state index is 0.143. The average Bonchev–Trinajstić information content (AvgIpc) is 2.95. The summed E-state index contributed by atoms with van der Waals surface area (Å²) in [5.41, 5.74) is 0. The molecule has 0 radical (unpaired) electrons. The van der Waals surface area contributed by atoms with E-state index in [1.54, 1.807) is 0 Å². The number of alkyl halides is 1. The SMILES string of the molecule is O=C(NCCCl)[C@H]1CCCN1S(=O)(=O)c1ccc(Cl)cc1. The van der Waals surface area contributed by atoms with Crippen molar-refractivity contribution in [2.75, 3.05) is 19.0 Å². The van der Waals surface area contributed by atoms with Gasteiger partial charge in [-0.1, -0.05) is 11.6 Å². The maximum Gasteiger partial charge on any atom is 0.243 e. The van der Waals surface area contributed by atoms with Crippen LogP contribution in [0.3, 0.4) is 0 Å². The number of amides is 1. The van der Waals surface area contributed by atoms with Gasteiger partial charge in [0, 0.05) is 24.0 Å². The Labute approximate surface area is 134 Å². The number of hydrogen-bond donors (Lipinski definition) is 1. The van der Waals surface area contributed by atoms with E-state index in [0.717, 1.165) is 0 Å². The summed E-state index contributed by atoms with van der Waals surface area (Å²) in [5, 5.41) is 3.10. The molecule has 2 rings (SSSR count). The second-order valence-corrected chi connectivity index (χ2v) is 7.41. The lowest BCUT2D eigenvalue weighted by atomic mass is 10.2. The van der Waals surface area contributed by atoms with Crippen LogP contribution < -0.4 is 5.32 Å². The fourth-order valence-electron chi connectivity index (χ4n) is 2.32. The standard InChI is InChI=1S/C13H16Cl2N2O3S/c14-7-8-16-13(18)12-2-1-9-17(12)21(19,20)11-5-3-10(15)4-6-11/h3-6,12H,1-2,7-9H2,(H,16,18)/t12-/m1/s1. The Balaban J connectivity index is 2.22. The molecule has 1 amide bonds. The van der Waals surface area contributed by atoms with Crippen molar-refractivity contribution in [3.8, 4) is 0 Å². The van der Waals surface area contributed by atoms with Gasteiger partial charge >= 0.3 is 0 Å².